The quantitative estimate of drug-likeness (QED) is 0.607. The van der Waals surface area contributed by atoms with Crippen molar-refractivity contribution in [3.05, 3.63) is 45.7 Å². The van der Waals surface area contributed by atoms with Crippen molar-refractivity contribution >= 4 is 35.0 Å². The van der Waals surface area contributed by atoms with Crippen LogP contribution >= 0.6 is 11.3 Å². The van der Waals surface area contributed by atoms with Crippen LogP contribution in [0, 0.1) is 6.92 Å². The zero-order valence-corrected chi connectivity index (χ0v) is 15.0. The summed E-state index contributed by atoms with van der Waals surface area (Å²) in [5.41, 5.74) is 1.94. The second kappa shape index (κ2) is 8.34. The number of amides is 1. The van der Waals surface area contributed by atoms with Crippen LogP contribution in [-0.4, -0.2) is 30.7 Å². The second-order valence-corrected chi connectivity index (χ2v) is 5.98. The van der Waals surface area contributed by atoms with Gasteiger partial charge in [0.1, 0.15) is 4.88 Å². The van der Waals surface area contributed by atoms with Crippen molar-refractivity contribution in [1.82, 2.24) is 0 Å². The van der Waals surface area contributed by atoms with E-state index < -0.39 is 5.97 Å². The van der Waals surface area contributed by atoms with Crippen molar-refractivity contribution in [3.8, 4) is 11.5 Å². The minimum absolute atomic E-state index is 0.0251. The van der Waals surface area contributed by atoms with E-state index in [1.54, 1.807) is 30.5 Å². The number of anilines is 1. The van der Waals surface area contributed by atoms with Crippen molar-refractivity contribution < 1.29 is 24.2 Å². The monoisotopic (exact) mass is 361 g/mol. The topological polar surface area (TPSA) is 84.9 Å². The molecule has 132 valence electrons. The molecule has 0 spiro atoms. The summed E-state index contributed by atoms with van der Waals surface area (Å²) in [7, 11) is 1.45. The van der Waals surface area contributed by atoms with Crippen LogP contribution in [0.1, 0.15) is 27.7 Å². The lowest BCUT2D eigenvalue weighted by Gasteiger charge is -2.06. The first-order chi connectivity index (χ1) is 12.0. The molecule has 0 bridgehead atoms. The normalized spacial score (nSPS) is 10.7. The van der Waals surface area contributed by atoms with Gasteiger partial charge in [-0.25, -0.2) is 4.79 Å². The van der Waals surface area contributed by atoms with E-state index in [-0.39, 0.29) is 18.3 Å². The lowest BCUT2D eigenvalue weighted by atomic mass is 10.2. The molecule has 0 aliphatic rings. The van der Waals surface area contributed by atoms with Crippen molar-refractivity contribution in [3.63, 3.8) is 0 Å². The van der Waals surface area contributed by atoms with Crippen LogP contribution in [0.5, 0.6) is 11.5 Å². The zero-order chi connectivity index (χ0) is 18.4. The Hall–Kier alpha value is -2.80. The average molecular weight is 361 g/mol. The number of aromatic hydroxyl groups is 1. The van der Waals surface area contributed by atoms with E-state index in [0.29, 0.717) is 21.9 Å². The van der Waals surface area contributed by atoms with Gasteiger partial charge in [0.05, 0.1) is 19.4 Å². The highest BCUT2D eigenvalue weighted by atomic mass is 32.1. The zero-order valence-electron chi connectivity index (χ0n) is 14.2. The first kappa shape index (κ1) is 18.5. The van der Waals surface area contributed by atoms with Gasteiger partial charge in [-0.3, -0.25) is 4.79 Å². The smallest absolute Gasteiger partial charge is 0.350 e. The summed E-state index contributed by atoms with van der Waals surface area (Å²) >= 11 is 1.23. The van der Waals surface area contributed by atoms with Gasteiger partial charge in [-0.1, -0.05) is 6.07 Å². The Morgan fingerprint density at radius 1 is 1.36 bits per heavy atom. The molecule has 0 aliphatic carbocycles. The number of carbonyl (C=O) groups is 2. The Balaban J connectivity index is 2.13. The number of thiophene rings is 1. The maximum Gasteiger partial charge on any atom is 0.350 e. The Bertz CT molecular complexity index is 810. The van der Waals surface area contributed by atoms with E-state index in [9.17, 15) is 14.7 Å². The van der Waals surface area contributed by atoms with Gasteiger partial charge in [0, 0.05) is 6.08 Å². The largest absolute Gasteiger partial charge is 0.504 e. The average Bonchev–Trinajstić information content (AvgIpc) is 2.95. The fourth-order valence-corrected chi connectivity index (χ4v) is 2.98. The molecule has 6 nitrogen and oxygen atoms in total. The van der Waals surface area contributed by atoms with Crippen LogP contribution in [-0.2, 0) is 9.53 Å². The first-order valence-corrected chi connectivity index (χ1v) is 8.45. The number of benzene rings is 1. The van der Waals surface area contributed by atoms with Crippen LogP contribution in [0.3, 0.4) is 0 Å². The maximum atomic E-state index is 12.2. The molecule has 0 fully saturated rings. The van der Waals surface area contributed by atoms with E-state index in [1.165, 1.54) is 30.6 Å². The lowest BCUT2D eigenvalue weighted by Crippen LogP contribution is -2.12. The molecule has 25 heavy (non-hydrogen) atoms. The summed E-state index contributed by atoms with van der Waals surface area (Å²) in [6, 6.07) is 4.75. The van der Waals surface area contributed by atoms with Crippen molar-refractivity contribution in [1.29, 1.82) is 0 Å². The Morgan fingerprint density at radius 3 is 2.80 bits per heavy atom. The molecule has 0 atom stereocenters. The number of hydrogen-bond donors (Lipinski definition) is 2. The molecule has 0 saturated carbocycles. The highest BCUT2D eigenvalue weighted by Crippen LogP contribution is 2.29. The highest BCUT2D eigenvalue weighted by Gasteiger charge is 2.18. The molecule has 1 heterocycles. The SMILES string of the molecule is CCOC(=O)c1scc(C)c1NC(=O)/C=C/c1ccc(O)c(OC)c1. The predicted molar refractivity (Wildman–Crippen MR) is 97.3 cm³/mol. The van der Waals surface area contributed by atoms with Crippen molar-refractivity contribution in [2.45, 2.75) is 13.8 Å². The molecule has 0 aliphatic heterocycles. The summed E-state index contributed by atoms with van der Waals surface area (Å²) in [4.78, 5) is 24.5. The number of aryl methyl sites for hydroxylation is 1. The number of nitrogens with one attached hydrogen (secondary N) is 1. The maximum absolute atomic E-state index is 12.2. The first-order valence-electron chi connectivity index (χ1n) is 7.57. The van der Waals surface area contributed by atoms with Gasteiger partial charge < -0.3 is 19.9 Å². The molecule has 2 N–H and O–H groups in total. The number of rotatable bonds is 6. The number of ether oxygens (including phenoxy) is 2. The van der Waals surface area contributed by atoms with Crippen LogP contribution < -0.4 is 10.1 Å². The molecule has 1 aromatic heterocycles. The molecular formula is C18H19NO5S. The molecule has 2 rings (SSSR count). The standard InChI is InChI=1S/C18H19NO5S/c1-4-24-18(22)17-16(11(2)10-25-17)19-15(21)8-6-12-5-7-13(20)14(9-12)23-3/h5-10,20H,4H2,1-3H3,(H,19,21)/b8-6+. The van der Waals surface area contributed by atoms with E-state index in [0.717, 1.165) is 5.56 Å². The Kier molecular flexibility index (Phi) is 6.19. The third-order valence-electron chi connectivity index (χ3n) is 3.31. The fourth-order valence-electron chi connectivity index (χ4n) is 2.08. The molecule has 0 radical (unpaired) electrons. The number of carbonyl (C=O) groups excluding carboxylic acids is 2. The molecule has 1 amide bonds. The van der Waals surface area contributed by atoms with E-state index in [4.69, 9.17) is 9.47 Å². The number of phenolic OH excluding ortho intramolecular Hbond substituents is 1. The number of methoxy groups -OCH3 is 1. The van der Waals surface area contributed by atoms with Crippen LogP contribution in [0.4, 0.5) is 5.69 Å². The molecule has 0 unspecified atom stereocenters. The van der Waals surface area contributed by atoms with Gasteiger partial charge in [-0.05, 0) is 48.6 Å². The second-order valence-electron chi connectivity index (χ2n) is 5.10. The fraction of sp³-hybridized carbons (Fsp3) is 0.222. The number of hydrogen-bond acceptors (Lipinski definition) is 6. The van der Waals surface area contributed by atoms with Gasteiger partial charge in [0.2, 0.25) is 5.91 Å². The van der Waals surface area contributed by atoms with Gasteiger partial charge >= 0.3 is 5.97 Å². The van der Waals surface area contributed by atoms with Gasteiger partial charge in [-0.15, -0.1) is 11.3 Å². The molecular weight excluding hydrogens is 342 g/mol. The van der Waals surface area contributed by atoms with Gasteiger partial charge in [0.15, 0.2) is 11.5 Å². The minimum Gasteiger partial charge on any atom is -0.504 e. The third kappa shape index (κ3) is 4.60. The van der Waals surface area contributed by atoms with Crippen LogP contribution in [0.25, 0.3) is 6.08 Å². The molecule has 2 aromatic rings. The summed E-state index contributed by atoms with van der Waals surface area (Å²) < 4.78 is 10.0. The summed E-state index contributed by atoms with van der Waals surface area (Å²) in [5.74, 6) is -0.486. The van der Waals surface area contributed by atoms with E-state index >= 15 is 0 Å². The predicted octanol–water partition coefficient (Wildman–Crippen LogP) is 3.60. The minimum atomic E-state index is -0.455. The Labute approximate surface area is 149 Å². The van der Waals surface area contributed by atoms with Gasteiger partial charge in [-0.2, -0.15) is 0 Å². The lowest BCUT2D eigenvalue weighted by molar-refractivity contribution is -0.111. The van der Waals surface area contributed by atoms with E-state index in [2.05, 4.69) is 5.32 Å². The molecule has 1 aromatic carbocycles. The summed E-state index contributed by atoms with van der Waals surface area (Å²) in [5, 5.41) is 14.1. The summed E-state index contributed by atoms with van der Waals surface area (Å²) in [6.45, 7) is 3.81. The Morgan fingerprint density at radius 2 is 2.12 bits per heavy atom. The number of phenols is 1. The van der Waals surface area contributed by atoms with Crippen molar-refractivity contribution in [2.75, 3.05) is 19.0 Å². The molecule has 0 saturated heterocycles. The third-order valence-corrected chi connectivity index (χ3v) is 4.39. The van der Waals surface area contributed by atoms with E-state index in [1.807, 2.05) is 6.92 Å². The highest BCUT2D eigenvalue weighted by molar-refractivity contribution is 7.12. The van der Waals surface area contributed by atoms with Crippen LogP contribution in [0.2, 0.25) is 0 Å². The van der Waals surface area contributed by atoms with Crippen LogP contribution in [0.15, 0.2) is 29.7 Å². The van der Waals surface area contributed by atoms with Gasteiger partial charge in [0.25, 0.3) is 0 Å². The summed E-state index contributed by atoms with van der Waals surface area (Å²) in [6.07, 6.45) is 2.93. The molecule has 7 heteroatoms. The number of esters is 1. The van der Waals surface area contributed by atoms with Crippen molar-refractivity contribution in [2.24, 2.45) is 0 Å².